The van der Waals surface area contributed by atoms with E-state index in [-0.39, 0.29) is 29.4 Å². The molecule has 8 nitrogen and oxygen atoms in total. The fraction of sp³-hybridized carbons (Fsp3) is 0.481. The molecule has 1 aliphatic rings. The predicted molar refractivity (Wildman–Crippen MR) is 136 cm³/mol. The average Bonchev–Trinajstić information content (AvgIpc) is 3.32. The topological polar surface area (TPSA) is 96.3 Å². The van der Waals surface area contributed by atoms with Gasteiger partial charge in [0.25, 0.3) is 5.91 Å². The number of nitrogens with one attached hydrogen (secondary N) is 2. The molecule has 2 aromatic rings. The number of hydrogen-bond acceptors (Lipinski definition) is 4. The van der Waals surface area contributed by atoms with Crippen LogP contribution in [0.3, 0.4) is 0 Å². The molecule has 39 heavy (non-hydrogen) atoms. The molecule has 1 aliphatic carbocycles. The van der Waals surface area contributed by atoms with Crippen LogP contribution in [0, 0.1) is 30.0 Å². The summed E-state index contributed by atoms with van der Waals surface area (Å²) in [5, 5.41) is 9.30. The van der Waals surface area contributed by atoms with Crippen LogP contribution in [0.4, 0.5) is 23.2 Å². The van der Waals surface area contributed by atoms with Crippen LogP contribution in [0.1, 0.15) is 48.7 Å². The molecule has 3 rings (SSSR count). The molecule has 210 valence electrons. The SMILES string of the molecule is C#CCn1nccc1C(=O)N[C@H](C(=O)Nc1ccc(CC(=O)N(C)CC(F)(F)F)cc1F)C1CCC(C)CC1. The summed E-state index contributed by atoms with van der Waals surface area (Å²) in [6.07, 6.45) is 4.90. The summed E-state index contributed by atoms with van der Waals surface area (Å²) >= 11 is 0. The van der Waals surface area contributed by atoms with Crippen molar-refractivity contribution in [2.45, 2.75) is 57.8 Å². The molecule has 0 unspecified atom stereocenters. The first kappa shape index (κ1) is 29.7. The van der Waals surface area contributed by atoms with E-state index in [1.54, 1.807) is 0 Å². The first-order chi connectivity index (χ1) is 18.4. The van der Waals surface area contributed by atoms with E-state index in [0.29, 0.717) is 23.7 Å². The van der Waals surface area contributed by atoms with Crippen LogP contribution in [0.25, 0.3) is 0 Å². The van der Waals surface area contributed by atoms with E-state index in [2.05, 4.69) is 28.6 Å². The number of aromatic nitrogens is 2. The molecule has 1 fully saturated rings. The van der Waals surface area contributed by atoms with Gasteiger partial charge in [0.05, 0.1) is 12.1 Å². The van der Waals surface area contributed by atoms with Gasteiger partial charge in [-0.05, 0) is 48.4 Å². The second-order valence-corrected chi connectivity index (χ2v) is 9.89. The Kier molecular flexibility index (Phi) is 9.72. The fourth-order valence-corrected chi connectivity index (χ4v) is 4.62. The number of nitrogens with zero attached hydrogens (tertiary/aromatic N) is 3. The van der Waals surface area contributed by atoms with Crippen LogP contribution in [0.15, 0.2) is 30.5 Å². The Morgan fingerprint density at radius 1 is 1.21 bits per heavy atom. The van der Waals surface area contributed by atoms with Crippen LogP contribution >= 0.6 is 0 Å². The van der Waals surface area contributed by atoms with Gasteiger partial charge in [-0.1, -0.05) is 31.8 Å². The first-order valence-corrected chi connectivity index (χ1v) is 12.5. The third kappa shape index (κ3) is 8.30. The molecule has 0 spiro atoms. The predicted octanol–water partition coefficient (Wildman–Crippen LogP) is 3.78. The van der Waals surface area contributed by atoms with Crippen molar-refractivity contribution >= 4 is 23.4 Å². The molecule has 1 aromatic heterocycles. The van der Waals surface area contributed by atoms with Crippen molar-refractivity contribution in [2.24, 2.45) is 11.8 Å². The minimum atomic E-state index is -4.55. The average molecular weight is 550 g/mol. The zero-order chi connectivity index (χ0) is 28.7. The molecule has 0 aliphatic heterocycles. The molecular formula is C27H31F4N5O3. The number of carbonyl (C=O) groups excluding carboxylic acids is 3. The van der Waals surface area contributed by atoms with Gasteiger partial charge in [0, 0.05) is 13.2 Å². The van der Waals surface area contributed by atoms with Crippen molar-refractivity contribution in [3.8, 4) is 12.3 Å². The second-order valence-electron chi connectivity index (χ2n) is 9.89. The Balaban J connectivity index is 1.73. The number of carbonyl (C=O) groups is 3. The summed E-state index contributed by atoms with van der Waals surface area (Å²) in [5.74, 6) is -0.135. The summed E-state index contributed by atoms with van der Waals surface area (Å²) in [5.41, 5.74) is 0.156. The highest BCUT2D eigenvalue weighted by molar-refractivity contribution is 6.00. The van der Waals surface area contributed by atoms with Gasteiger partial charge in [0.15, 0.2) is 0 Å². The quantitative estimate of drug-likeness (QED) is 0.368. The molecular weight excluding hydrogens is 518 g/mol. The van der Waals surface area contributed by atoms with E-state index < -0.39 is 48.7 Å². The maximum absolute atomic E-state index is 14.9. The molecule has 1 atom stereocenters. The van der Waals surface area contributed by atoms with Gasteiger partial charge >= 0.3 is 6.18 Å². The monoisotopic (exact) mass is 549 g/mol. The van der Waals surface area contributed by atoms with Crippen LogP contribution in [0.2, 0.25) is 0 Å². The summed E-state index contributed by atoms with van der Waals surface area (Å²) in [6, 6.07) is 4.10. The Morgan fingerprint density at radius 3 is 2.51 bits per heavy atom. The zero-order valence-corrected chi connectivity index (χ0v) is 21.7. The minimum absolute atomic E-state index is 0.0691. The first-order valence-electron chi connectivity index (χ1n) is 12.5. The summed E-state index contributed by atoms with van der Waals surface area (Å²) < 4.78 is 53.8. The summed E-state index contributed by atoms with van der Waals surface area (Å²) in [7, 11) is 1.01. The van der Waals surface area contributed by atoms with Crippen LogP contribution in [-0.4, -0.2) is 58.2 Å². The van der Waals surface area contributed by atoms with Gasteiger partial charge in [-0.15, -0.1) is 6.42 Å². The van der Waals surface area contributed by atoms with Crippen molar-refractivity contribution in [2.75, 3.05) is 18.9 Å². The number of anilines is 1. The van der Waals surface area contributed by atoms with E-state index in [1.807, 2.05) is 0 Å². The minimum Gasteiger partial charge on any atom is -0.339 e. The smallest absolute Gasteiger partial charge is 0.339 e. The molecule has 0 radical (unpaired) electrons. The van der Waals surface area contributed by atoms with Gasteiger partial charge in [0.1, 0.15) is 30.6 Å². The zero-order valence-electron chi connectivity index (χ0n) is 21.7. The fourth-order valence-electron chi connectivity index (χ4n) is 4.62. The molecule has 12 heteroatoms. The Hall–Kier alpha value is -3.88. The number of likely N-dealkylation sites (N-methyl/N-ethyl adjacent to an activating group) is 1. The number of halogens is 4. The Bertz CT molecular complexity index is 1230. The van der Waals surface area contributed by atoms with Crippen molar-refractivity contribution in [1.82, 2.24) is 20.0 Å². The van der Waals surface area contributed by atoms with E-state index in [9.17, 15) is 31.9 Å². The maximum Gasteiger partial charge on any atom is 0.406 e. The molecule has 1 saturated carbocycles. The number of hydrogen-bond donors (Lipinski definition) is 2. The van der Waals surface area contributed by atoms with Crippen molar-refractivity contribution in [3.63, 3.8) is 0 Å². The lowest BCUT2D eigenvalue weighted by atomic mass is 9.79. The third-order valence-electron chi connectivity index (χ3n) is 6.78. The Labute approximate surface area is 224 Å². The second kappa shape index (κ2) is 12.8. The molecule has 2 N–H and O–H groups in total. The van der Waals surface area contributed by atoms with Crippen molar-refractivity contribution in [1.29, 1.82) is 0 Å². The Morgan fingerprint density at radius 2 is 1.90 bits per heavy atom. The standard InChI is InChI=1S/C27H31F4N5O3/c1-4-13-36-22(11-12-32-36)25(38)34-24(19-8-5-17(2)6-9-19)26(39)33-21-10-7-18(14-20(21)28)15-23(37)35(3)16-27(29,30)31/h1,7,10-12,14,17,19,24H,5-6,8-9,13,15-16H2,2-3H3,(H,33,39)(H,34,38)/t17?,19?,24-/m0/s1. The van der Waals surface area contributed by atoms with Crippen molar-refractivity contribution < 1.29 is 31.9 Å². The van der Waals surface area contributed by atoms with Gasteiger partial charge < -0.3 is 15.5 Å². The summed E-state index contributed by atoms with van der Waals surface area (Å²) in [6.45, 7) is 0.767. The largest absolute Gasteiger partial charge is 0.406 e. The van der Waals surface area contributed by atoms with Crippen LogP contribution in [0.5, 0.6) is 0 Å². The normalized spacial score (nSPS) is 18.1. The molecule has 0 saturated heterocycles. The summed E-state index contributed by atoms with van der Waals surface area (Å²) in [4.78, 5) is 39.0. The number of terminal acetylenes is 1. The van der Waals surface area contributed by atoms with Gasteiger partial charge in [-0.3, -0.25) is 14.4 Å². The highest BCUT2D eigenvalue weighted by atomic mass is 19.4. The molecule has 3 amide bonds. The van der Waals surface area contributed by atoms with E-state index in [0.717, 1.165) is 26.0 Å². The number of rotatable bonds is 9. The maximum atomic E-state index is 14.9. The molecule has 0 bridgehead atoms. The number of benzene rings is 1. The number of amides is 3. The van der Waals surface area contributed by atoms with E-state index in [4.69, 9.17) is 6.42 Å². The lowest BCUT2D eigenvalue weighted by Crippen LogP contribution is -2.49. The van der Waals surface area contributed by atoms with Crippen LogP contribution in [-0.2, 0) is 22.6 Å². The van der Waals surface area contributed by atoms with Crippen LogP contribution < -0.4 is 10.6 Å². The van der Waals surface area contributed by atoms with Crippen molar-refractivity contribution in [3.05, 3.63) is 47.5 Å². The lowest BCUT2D eigenvalue weighted by molar-refractivity contribution is -0.157. The van der Waals surface area contributed by atoms with Gasteiger partial charge in [0.2, 0.25) is 11.8 Å². The third-order valence-corrected chi connectivity index (χ3v) is 6.78. The van der Waals surface area contributed by atoms with Gasteiger partial charge in [-0.25, -0.2) is 9.07 Å². The lowest BCUT2D eigenvalue weighted by Gasteiger charge is -2.32. The molecule has 1 heterocycles. The van der Waals surface area contributed by atoms with Gasteiger partial charge in [-0.2, -0.15) is 18.3 Å². The molecule has 1 aromatic carbocycles. The van der Waals surface area contributed by atoms with E-state index in [1.165, 1.54) is 29.1 Å². The van der Waals surface area contributed by atoms with E-state index >= 15 is 0 Å². The number of alkyl halides is 3. The highest BCUT2D eigenvalue weighted by Crippen LogP contribution is 2.31. The highest BCUT2D eigenvalue weighted by Gasteiger charge is 2.34.